The fourth-order valence-electron chi connectivity index (χ4n) is 6.70. The van der Waals surface area contributed by atoms with Gasteiger partial charge < -0.3 is 13.9 Å². The van der Waals surface area contributed by atoms with E-state index in [0.717, 1.165) is 61.4 Å². The number of furan rings is 1. The number of fused-ring (bicyclic) bond motifs is 6. The summed E-state index contributed by atoms with van der Waals surface area (Å²) in [6.45, 7) is -0.151. The van der Waals surface area contributed by atoms with E-state index in [0.29, 0.717) is 5.82 Å². The maximum Gasteiger partial charge on any atom is 0.313 e. The lowest BCUT2D eigenvalue weighted by atomic mass is 9.39. The van der Waals surface area contributed by atoms with Gasteiger partial charge in [0.05, 0.1) is 35.0 Å². The Bertz CT molecular complexity index is 2280. The van der Waals surface area contributed by atoms with Crippen LogP contribution in [0.25, 0.3) is 38.9 Å². The molecule has 0 saturated carbocycles. The van der Waals surface area contributed by atoms with Gasteiger partial charge in [0.15, 0.2) is 5.82 Å². The SMILES string of the molecule is c1ccc(B2c3oc4ccccc4c3N(c3cnc(-c4ccccc4)nc3)c3c2n(-c2ccccc2)c2ccccc32)cc1. The Morgan fingerprint density at radius 3 is 1.91 bits per heavy atom. The van der Waals surface area contributed by atoms with Crippen LogP contribution in [0, 0.1) is 0 Å². The first kappa shape index (κ1) is 24.7. The van der Waals surface area contributed by atoms with E-state index in [1.807, 2.05) is 48.8 Å². The van der Waals surface area contributed by atoms with Gasteiger partial charge in [0.2, 0.25) is 0 Å². The molecule has 1 aliphatic rings. The summed E-state index contributed by atoms with van der Waals surface area (Å²) in [7, 11) is 0. The molecule has 0 radical (unpaired) electrons. The molecule has 1 aliphatic heterocycles. The number of hydrogen-bond acceptors (Lipinski definition) is 4. The maximum absolute atomic E-state index is 6.85. The molecule has 0 spiro atoms. The van der Waals surface area contributed by atoms with Gasteiger partial charge in [-0.1, -0.05) is 115 Å². The predicted octanol–water partition coefficient (Wildman–Crippen LogP) is 7.13. The first-order chi connectivity index (χ1) is 21.9. The summed E-state index contributed by atoms with van der Waals surface area (Å²) in [5.41, 5.74) is 10.3. The highest BCUT2D eigenvalue weighted by Crippen LogP contribution is 2.45. The Balaban J connectivity index is 1.40. The monoisotopic (exact) mass is 564 g/mol. The molecular formula is C38H25BN4O. The van der Waals surface area contributed by atoms with E-state index in [2.05, 4.69) is 113 Å². The minimum atomic E-state index is -0.151. The molecule has 0 aliphatic carbocycles. The van der Waals surface area contributed by atoms with E-state index in [1.165, 1.54) is 5.46 Å². The molecule has 9 rings (SSSR count). The second-order valence-electron chi connectivity index (χ2n) is 11.0. The second kappa shape index (κ2) is 9.85. The van der Waals surface area contributed by atoms with Crippen molar-refractivity contribution in [2.24, 2.45) is 0 Å². The van der Waals surface area contributed by atoms with Crippen LogP contribution in [0.4, 0.5) is 17.1 Å². The summed E-state index contributed by atoms with van der Waals surface area (Å²) in [6.07, 6.45) is 3.87. The van der Waals surface area contributed by atoms with Crippen molar-refractivity contribution >= 4 is 62.4 Å². The van der Waals surface area contributed by atoms with Crippen molar-refractivity contribution in [2.45, 2.75) is 0 Å². The van der Waals surface area contributed by atoms with Crippen LogP contribution in [-0.4, -0.2) is 21.2 Å². The standard InChI is InChI=1S/C38H25BN4O/c1-4-14-26(15-5-1)38-40-24-29(25-41-38)43-34-30-20-10-12-22-32(30)42(28-18-8-3-9-19-28)36(34)39(27-16-6-2-7-17-27)37-35(43)31-21-11-13-23-33(31)44-37/h1-25H. The topological polar surface area (TPSA) is 47.1 Å². The summed E-state index contributed by atoms with van der Waals surface area (Å²) in [5.74, 6) is 0.692. The molecule has 0 atom stereocenters. The minimum absolute atomic E-state index is 0.151. The van der Waals surface area contributed by atoms with Gasteiger partial charge >= 0.3 is 6.71 Å². The first-order valence-electron chi connectivity index (χ1n) is 14.8. The molecule has 6 heteroatoms. The van der Waals surface area contributed by atoms with Crippen LogP contribution < -0.4 is 21.6 Å². The van der Waals surface area contributed by atoms with Crippen molar-refractivity contribution in [2.75, 3.05) is 4.90 Å². The van der Waals surface area contributed by atoms with Gasteiger partial charge in [0, 0.05) is 27.6 Å². The first-order valence-corrected chi connectivity index (χ1v) is 14.8. The Morgan fingerprint density at radius 2 is 1.16 bits per heavy atom. The second-order valence-corrected chi connectivity index (χ2v) is 11.0. The minimum Gasteiger partial charge on any atom is -0.468 e. The molecule has 0 amide bonds. The van der Waals surface area contributed by atoms with E-state index in [-0.39, 0.29) is 6.71 Å². The highest BCUT2D eigenvalue weighted by Gasteiger charge is 2.44. The molecule has 0 fully saturated rings. The summed E-state index contributed by atoms with van der Waals surface area (Å²) in [6, 6.07) is 48.3. The predicted molar refractivity (Wildman–Crippen MR) is 180 cm³/mol. The van der Waals surface area contributed by atoms with E-state index in [4.69, 9.17) is 14.4 Å². The molecule has 0 saturated heterocycles. The largest absolute Gasteiger partial charge is 0.468 e. The van der Waals surface area contributed by atoms with Crippen LogP contribution in [0.15, 0.2) is 156 Å². The molecule has 0 unspecified atom stereocenters. The lowest BCUT2D eigenvalue weighted by Crippen LogP contribution is -2.58. The maximum atomic E-state index is 6.85. The molecule has 3 aromatic heterocycles. The van der Waals surface area contributed by atoms with E-state index >= 15 is 0 Å². The molecule has 5 nitrogen and oxygen atoms in total. The molecule has 8 aromatic rings. The van der Waals surface area contributed by atoms with E-state index in [1.54, 1.807) is 0 Å². The fourth-order valence-corrected chi connectivity index (χ4v) is 6.70. The van der Waals surface area contributed by atoms with Gasteiger partial charge in [0.25, 0.3) is 0 Å². The van der Waals surface area contributed by atoms with Gasteiger partial charge in [-0.3, -0.25) is 0 Å². The zero-order valence-electron chi connectivity index (χ0n) is 23.7. The van der Waals surface area contributed by atoms with Crippen LogP contribution in [0.3, 0.4) is 0 Å². The number of anilines is 3. The average Bonchev–Trinajstić information content (AvgIpc) is 3.65. The van der Waals surface area contributed by atoms with Crippen molar-refractivity contribution in [3.8, 4) is 17.1 Å². The number of rotatable bonds is 4. The van der Waals surface area contributed by atoms with Crippen molar-refractivity contribution in [1.82, 2.24) is 14.5 Å². The quantitative estimate of drug-likeness (QED) is 0.214. The highest BCUT2D eigenvalue weighted by molar-refractivity contribution is 6.97. The van der Waals surface area contributed by atoms with Crippen LogP contribution in [-0.2, 0) is 0 Å². The van der Waals surface area contributed by atoms with Crippen molar-refractivity contribution in [1.29, 1.82) is 0 Å². The molecular weight excluding hydrogens is 539 g/mol. The molecule has 4 heterocycles. The molecule has 0 N–H and O–H groups in total. The normalized spacial score (nSPS) is 12.5. The molecule has 206 valence electrons. The lowest BCUT2D eigenvalue weighted by Gasteiger charge is -2.33. The number of nitrogens with zero attached hydrogens (tertiary/aromatic N) is 4. The van der Waals surface area contributed by atoms with Gasteiger partial charge in [-0.05, 0) is 30.3 Å². The lowest BCUT2D eigenvalue weighted by molar-refractivity contribution is 0.651. The summed E-state index contributed by atoms with van der Waals surface area (Å²) in [5, 5.41) is 2.20. The van der Waals surface area contributed by atoms with E-state index < -0.39 is 0 Å². The third kappa shape index (κ3) is 3.68. The summed E-state index contributed by atoms with van der Waals surface area (Å²) >= 11 is 0. The number of para-hydroxylation sites is 3. The Labute approximate surface area is 254 Å². The third-order valence-corrected chi connectivity index (χ3v) is 8.54. The third-order valence-electron chi connectivity index (χ3n) is 8.54. The van der Waals surface area contributed by atoms with Crippen LogP contribution in [0.5, 0.6) is 0 Å². The average molecular weight is 564 g/mol. The van der Waals surface area contributed by atoms with Gasteiger partial charge in [-0.15, -0.1) is 0 Å². The Morgan fingerprint density at radius 1 is 0.545 bits per heavy atom. The Kier molecular flexibility index (Phi) is 5.53. The molecule has 5 aromatic carbocycles. The van der Waals surface area contributed by atoms with Crippen LogP contribution in [0.2, 0.25) is 0 Å². The fraction of sp³-hybridized carbons (Fsp3) is 0. The van der Waals surface area contributed by atoms with E-state index in [9.17, 15) is 0 Å². The smallest absolute Gasteiger partial charge is 0.313 e. The number of benzene rings is 5. The van der Waals surface area contributed by atoms with Crippen molar-refractivity contribution < 1.29 is 4.42 Å². The zero-order valence-corrected chi connectivity index (χ0v) is 23.7. The van der Waals surface area contributed by atoms with Gasteiger partial charge in [-0.2, -0.15) is 0 Å². The molecule has 44 heavy (non-hydrogen) atoms. The number of aromatic nitrogens is 3. The molecule has 0 bridgehead atoms. The summed E-state index contributed by atoms with van der Waals surface area (Å²) in [4.78, 5) is 12.0. The van der Waals surface area contributed by atoms with Crippen LogP contribution in [0.1, 0.15) is 0 Å². The van der Waals surface area contributed by atoms with Crippen LogP contribution >= 0.6 is 0 Å². The highest BCUT2D eigenvalue weighted by atomic mass is 16.3. The Hall–Kier alpha value is -5.88. The van der Waals surface area contributed by atoms with Crippen molar-refractivity contribution in [3.63, 3.8) is 0 Å². The number of hydrogen-bond donors (Lipinski definition) is 0. The zero-order chi connectivity index (χ0) is 29.0. The van der Waals surface area contributed by atoms with Crippen molar-refractivity contribution in [3.05, 3.63) is 152 Å². The van der Waals surface area contributed by atoms with Gasteiger partial charge in [0.1, 0.15) is 11.2 Å². The summed E-state index contributed by atoms with van der Waals surface area (Å²) < 4.78 is 9.24. The van der Waals surface area contributed by atoms with Gasteiger partial charge in [-0.25, -0.2) is 9.97 Å².